The Hall–Kier alpha value is -0.520. The number of rotatable bonds is 11. The molecule has 0 spiro atoms. The Morgan fingerprint density at radius 2 is 1.16 bits per heavy atom. The molecule has 0 aromatic carbocycles. The van der Waals surface area contributed by atoms with Crippen LogP contribution < -0.4 is 0 Å². The molecule has 0 fully saturated rings. The monoisotopic (exact) mass is 268 g/mol. The largest absolute Gasteiger partial charge is 0.380 e. The predicted octanol–water partition coefficient (Wildman–Crippen LogP) is 4.04. The van der Waals surface area contributed by atoms with Crippen molar-refractivity contribution in [3.63, 3.8) is 0 Å². The van der Waals surface area contributed by atoms with Crippen molar-refractivity contribution in [2.24, 2.45) is 0 Å². The number of hydrogen-bond donors (Lipinski definition) is 2. The highest BCUT2D eigenvalue weighted by Gasteiger charge is 2.00. The third-order valence-electron chi connectivity index (χ3n) is 3.38. The molecule has 0 saturated carbocycles. The lowest BCUT2D eigenvalue weighted by atomic mass is 10.1. The molecular formula is C17H32O2. The van der Waals surface area contributed by atoms with Crippen molar-refractivity contribution in [2.45, 2.75) is 96.7 Å². The summed E-state index contributed by atoms with van der Waals surface area (Å²) >= 11 is 0. The Balaban J connectivity index is 3.31. The van der Waals surface area contributed by atoms with Gasteiger partial charge in [-0.15, -0.1) is 0 Å². The minimum absolute atomic E-state index is 0.564. The van der Waals surface area contributed by atoms with Gasteiger partial charge in [-0.05, 0) is 19.3 Å². The molecule has 0 bridgehead atoms. The van der Waals surface area contributed by atoms with Gasteiger partial charge in [0.25, 0.3) is 0 Å². The van der Waals surface area contributed by atoms with E-state index < -0.39 is 12.2 Å². The molecule has 2 atom stereocenters. The topological polar surface area (TPSA) is 40.5 Å². The fourth-order valence-corrected chi connectivity index (χ4v) is 2.01. The molecule has 0 saturated heterocycles. The summed E-state index contributed by atoms with van der Waals surface area (Å²) in [5.74, 6) is 5.38. The molecule has 0 aromatic heterocycles. The maximum absolute atomic E-state index is 9.61. The van der Waals surface area contributed by atoms with E-state index in [0.717, 1.165) is 12.8 Å². The van der Waals surface area contributed by atoms with Crippen molar-refractivity contribution in [3.8, 4) is 11.8 Å². The molecule has 0 aliphatic heterocycles. The molecule has 2 N–H and O–H groups in total. The van der Waals surface area contributed by atoms with Crippen molar-refractivity contribution in [3.05, 3.63) is 0 Å². The maximum atomic E-state index is 9.61. The number of hydrogen-bond acceptors (Lipinski definition) is 2. The van der Waals surface area contributed by atoms with Gasteiger partial charge in [-0.25, -0.2) is 0 Å². The highest BCUT2D eigenvalue weighted by molar-refractivity contribution is 5.08. The van der Waals surface area contributed by atoms with Crippen LogP contribution in [0.1, 0.15) is 84.5 Å². The molecule has 0 amide bonds. The molecule has 0 aliphatic carbocycles. The average Bonchev–Trinajstić information content (AvgIpc) is 2.42. The molecule has 2 heteroatoms. The molecule has 112 valence electrons. The van der Waals surface area contributed by atoms with Crippen LogP contribution in [-0.2, 0) is 0 Å². The van der Waals surface area contributed by atoms with Crippen molar-refractivity contribution < 1.29 is 10.2 Å². The first-order valence-corrected chi connectivity index (χ1v) is 8.07. The summed E-state index contributed by atoms with van der Waals surface area (Å²) in [4.78, 5) is 0. The lowest BCUT2D eigenvalue weighted by molar-refractivity contribution is 0.211. The van der Waals surface area contributed by atoms with E-state index >= 15 is 0 Å². The Kier molecular flexibility index (Phi) is 13.5. The van der Waals surface area contributed by atoms with Crippen LogP contribution in [0.4, 0.5) is 0 Å². The zero-order chi connectivity index (χ0) is 14.3. The van der Waals surface area contributed by atoms with Crippen LogP contribution in [0.3, 0.4) is 0 Å². The van der Waals surface area contributed by atoms with Crippen molar-refractivity contribution >= 4 is 0 Å². The SMILES string of the molecule is CCCCCCCCCCC[C@@H](O)C#C[C@H](O)CC. The first-order chi connectivity index (χ1) is 9.20. The second kappa shape index (κ2) is 13.9. The van der Waals surface area contributed by atoms with Gasteiger partial charge in [0.1, 0.15) is 12.2 Å². The summed E-state index contributed by atoms with van der Waals surface area (Å²) in [6.45, 7) is 4.12. The Labute approximate surface area is 119 Å². The van der Waals surface area contributed by atoms with E-state index in [9.17, 15) is 10.2 Å². The normalized spacial score (nSPS) is 13.7. The fourth-order valence-electron chi connectivity index (χ4n) is 2.01. The van der Waals surface area contributed by atoms with Crippen LogP contribution in [0.15, 0.2) is 0 Å². The third kappa shape index (κ3) is 13.7. The molecule has 0 rings (SSSR count). The summed E-state index contributed by atoms with van der Waals surface area (Å²) < 4.78 is 0. The van der Waals surface area contributed by atoms with Gasteiger partial charge < -0.3 is 10.2 Å². The van der Waals surface area contributed by atoms with Gasteiger partial charge >= 0.3 is 0 Å². The van der Waals surface area contributed by atoms with E-state index in [0.29, 0.717) is 6.42 Å². The van der Waals surface area contributed by atoms with Gasteiger partial charge in [-0.2, -0.15) is 0 Å². The van der Waals surface area contributed by atoms with Gasteiger partial charge in [0.15, 0.2) is 0 Å². The summed E-state index contributed by atoms with van der Waals surface area (Å²) in [5, 5.41) is 18.9. The molecular weight excluding hydrogens is 236 g/mol. The van der Waals surface area contributed by atoms with E-state index in [1.165, 1.54) is 51.4 Å². The Morgan fingerprint density at radius 3 is 1.68 bits per heavy atom. The molecule has 0 unspecified atom stereocenters. The third-order valence-corrected chi connectivity index (χ3v) is 3.38. The second-order valence-electron chi connectivity index (χ2n) is 5.35. The zero-order valence-corrected chi connectivity index (χ0v) is 12.8. The zero-order valence-electron chi connectivity index (χ0n) is 12.8. The number of aliphatic hydroxyl groups excluding tert-OH is 2. The first-order valence-electron chi connectivity index (χ1n) is 8.07. The van der Waals surface area contributed by atoms with Gasteiger partial charge in [-0.3, -0.25) is 0 Å². The summed E-state index contributed by atoms with van der Waals surface area (Å²) in [6, 6.07) is 0. The van der Waals surface area contributed by atoms with Gasteiger partial charge in [0, 0.05) is 0 Å². The van der Waals surface area contributed by atoms with Gasteiger partial charge in [0.05, 0.1) is 0 Å². The molecule has 0 aromatic rings. The fraction of sp³-hybridized carbons (Fsp3) is 0.882. The summed E-state index contributed by atoms with van der Waals surface area (Å²) in [5.41, 5.74) is 0. The molecule has 19 heavy (non-hydrogen) atoms. The smallest absolute Gasteiger partial charge is 0.114 e. The molecule has 0 heterocycles. The highest BCUT2D eigenvalue weighted by Crippen LogP contribution is 2.11. The van der Waals surface area contributed by atoms with Crippen molar-refractivity contribution in [1.82, 2.24) is 0 Å². The van der Waals surface area contributed by atoms with Crippen molar-refractivity contribution in [2.75, 3.05) is 0 Å². The maximum Gasteiger partial charge on any atom is 0.114 e. The Bertz CT molecular complexity index is 239. The lowest BCUT2D eigenvalue weighted by Gasteiger charge is -2.04. The van der Waals surface area contributed by atoms with E-state index in [-0.39, 0.29) is 0 Å². The van der Waals surface area contributed by atoms with E-state index in [1.807, 2.05) is 6.92 Å². The van der Waals surface area contributed by atoms with Gasteiger partial charge in [-0.1, -0.05) is 77.1 Å². The predicted molar refractivity (Wildman–Crippen MR) is 81.9 cm³/mol. The first kappa shape index (κ1) is 18.5. The van der Waals surface area contributed by atoms with Crippen LogP contribution in [0.25, 0.3) is 0 Å². The van der Waals surface area contributed by atoms with E-state index in [1.54, 1.807) is 0 Å². The number of unbranched alkanes of at least 4 members (excludes halogenated alkanes) is 8. The van der Waals surface area contributed by atoms with Gasteiger partial charge in [0.2, 0.25) is 0 Å². The van der Waals surface area contributed by atoms with Crippen LogP contribution in [0, 0.1) is 11.8 Å². The molecule has 2 nitrogen and oxygen atoms in total. The second-order valence-corrected chi connectivity index (χ2v) is 5.35. The average molecular weight is 268 g/mol. The minimum Gasteiger partial charge on any atom is -0.380 e. The quantitative estimate of drug-likeness (QED) is 0.438. The Morgan fingerprint density at radius 1 is 0.684 bits per heavy atom. The summed E-state index contributed by atoms with van der Waals surface area (Å²) in [6.07, 6.45) is 11.8. The minimum atomic E-state index is -0.585. The van der Waals surface area contributed by atoms with Crippen LogP contribution in [0.5, 0.6) is 0 Å². The molecule has 0 aliphatic rings. The van der Waals surface area contributed by atoms with Crippen molar-refractivity contribution in [1.29, 1.82) is 0 Å². The van der Waals surface area contributed by atoms with Crippen LogP contribution in [-0.4, -0.2) is 22.4 Å². The highest BCUT2D eigenvalue weighted by atomic mass is 16.3. The summed E-state index contributed by atoms with van der Waals surface area (Å²) in [7, 11) is 0. The lowest BCUT2D eigenvalue weighted by Crippen LogP contribution is -2.06. The van der Waals surface area contributed by atoms with Crippen LogP contribution in [0.2, 0.25) is 0 Å². The van der Waals surface area contributed by atoms with Crippen LogP contribution >= 0.6 is 0 Å². The van der Waals surface area contributed by atoms with E-state index in [4.69, 9.17) is 0 Å². The molecule has 0 radical (unpaired) electrons. The standard InChI is InChI=1S/C17H32O2/c1-3-5-6-7-8-9-10-11-12-13-17(19)15-14-16(18)4-2/h16-19H,3-13H2,1-2H3/t16-,17-/m1/s1. The number of aliphatic hydroxyl groups is 2. The van der Waals surface area contributed by atoms with E-state index in [2.05, 4.69) is 18.8 Å².